The molecule has 0 aliphatic rings. The van der Waals surface area contributed by atoms with Gasteiger partial charge < -0.3 is 19.6 Å². The molecule has 2 aromatic rings. The third-order valence-corrected chi connectivity index (χ3v) is 3.05. The van der Waals surface area contributed by atoms with E-state index in [1.807, 2.05) is 0 Å². The zero-order chi connectivity index (χ0) is 14.7. The van der Waals surface area contributed by atoms with Gasteiger partial charge in [-0.05, 0) is 18.3 Å². The highest BCUT2D eigenvalue weighted by Crippen LogP contribution is 2.19. The lowest BCUT2D eigenvalue weighted by Crippen LogP contribution is -2.30. The lowest BCUT2D eigenvalue weighted by Gasteiger charge is -2.06. The molecule has 108 valence electrons. The maximum atomic E-state index is 13.6. The largest absolute Gasteiger partial charge is 0.383 e. The smallest absolute Gasteiger partial charge is 0.240 e. The minimum absolute atomic E-state index is 0.0843. The van der Waals surface area contributed by atoms with Gasteiger partial charge in [-0.25, -0.2) is 8.78 Å². The second-order valence-corrected chi connectivity index (χ2v) is 4.53. The Morgan fingerprint density at radius 1 is 1.50 bits per heavy atom. The van der Waals surface area contributed by atoms with Gasteiger partial charge in [0.1, 0.15) is 17.9 Å². The summed E-state index contributed by atoms with van der Waals surface area (Å²) in [5, 5.41) is 2.61. The van der Waals surface area contributed by atoms with Gasteiger partial charge >= 0.3 is 0 Å². The fourth-order valence-corrected chi connectivity index (χ4v) is 2.09. The number of nitrogens with zero attached hydrogens (tertiary/aromatic N) is 1. The Balaban J connectivity index is 2.28. The molecule has 1 amide bonds. The van der Waals surface area contributed by atoms with Crippen LogP contribution < -0.4 is 5.32 Å². The van der Waals surface area contributed by atoms with E-state index in [2.05, 4.69) is 10.3 Å². The molecular weight excluding hydrogens is 288 g/mol. The molecule has 1 heterocycles. The number of carbonyl (C=O) groups is 1. The molecule has 0 saturated heterocycles. The quantitative estimate of drug-likeness (QED) is 0.653. The summed E-state index contributed by atoms with van der Waals surface area (Å²) in [7, 11) is 1.52. The molecule has 0 aliphatic heterocycles. The molecule has 0 saturated carbocycles. The highest BCUT2D eigenvalue weighted by atomic mass is 32.1. The van der Waals surface area contributed by atoms with Crippen LogP contribution >= 0.6 is 12.2 Å². The number of halogens is 2. The minimum Gasteiger partial charge on any atom is -0.383 e. The van der Waals surface area contributed by atoms with E-state index in [1.165, 1.54) is 11.7 Å². The molecule has 2 rings (SSSR count). The van der Waals surface area contributed by atoms with Crippen molar-refractivity contribution < 1.29 is 18.3 Å². The molecule has 0 unspecified atom stereocenters. The topological polar surface area (TPSA) is 59.0 Å². The van der Waals surface area contributed by atoms with Crippen LogP contribution in [0.5, 0.6) is 0 Å². The first-order valence-electron chi connectivity index (χ1n) is 5.86. The van der Waals surface area contributed by atoms with E-state index in [0.29, 0.717) is 13.2 Å². The van der Waals surface area contributed by atoms with Crippen LogP contribution in [0.2, 0.25) is 0 Å². The normalized spacial score (nSPS) is 10.9. The molecule has 1 aromatic carbocycles. The number of aromatic amines is 1. The molecular formula is C12H13F2N3O2S. The fourth-order valence-electron chi connectivity index (χ4n) is 1.83. The number of imidazole rings is 1. The summed E-state index contributed by atoms with van der Waals surface area (Å²) in [6.45, 7) is 0.619. The van der Waals surface area contributed by atoms with Crippen LogP contribution in [0.25, 0.3) is 11.0 Å². The number of hydrogen-bond acceptors (Lipinski definition) is 3. The zero-order valence-corrected chi connectivity index (χ0v) is 11.5. The molecule has 0 bridgehead atoms. The molecule has 0 radical (unpaired) electrons. The number of benzene rings is 1. The lowest BCUT2D eigenvalue weighted by atomic mass is 10.3. The number of amides is 1. The lowest BCUT2D eigenvalue weighted by molar-refractivity contribution is -0.121. The maximum absolute atomic E-state index is 13.6. The fraction of sp³-hybridized carbons (Fsp3) is 0.333. The average molecular weight is 301 g/mol. The van der Waals surface area contributed by atoms with Crippen molar-refractivity contribution >= 4 is 29.2 Å². The molecule has 8 heteroatoms. The van der Waals surface area contributed by atoms with E-state index in [4.69, 9.17) is 17.0 Å². The number of rotatable bonds is 5. The number of nitrogens with one attached hydrogen (secondary N) is 2. The molecule has 2 N–H and O–H groups in total. The molecule has 0 fully saturated rings. The highest BCUT2D eigenvalue weighted by molar-refractivity contribution is 7.71. The van der Waals surface area contributed by atoms with Gasteiger partial charge in [0.05, 0.1) is 12.1 Å². The van der Waals surface area contributed by atoms with Crippen molar-refractivity contribution in [1.82, 2.24) is 14.9 Å². The summed E-state index contributed by atoms with van der Waals surface area (Å²) in [6.07, 6.45) is 0. The van der Waals surface area contributed by atoms with Gasteiger partial charge in [0.15, 0.2) is 10.6 Å². The number of fused-ring (bicyclic) bond motifs is 1. The number of aromatic nitrogens is 2. The van der Waals surface area contributed by atoms with Gasteiger partial charge in [-0.1, -0.05) is 0 Å². The van der Waals surface area contributed by atoms with Crippen molar-refractivity contribution in [2.75, 3.05) is 20.3 Å². The Morgan fingerprint density at radius 2 is 2.25 bits per heavy atom. The van der Waals surface area contributed by atoms with Crippen molar-refractivity contribution in [2.45, 2.75) is 6.54 Å². The molecule has 0 aliphatic carbocycles. The van der Waals surface area contributed by atoms with Crippen molar-refractivity contribution in [3.63, 3.8) is 0 Å². The monoisotopic (exact) mass is 301 g/mol. The first-order chi connectivity index (χ1) is 9.52. The van der Waals surface area contributed by atoms with E-state index < -0.39 is 11.6 Å². The third kappa shape index (κ3) is 3.02. The van der Waals surface area contributed by atoms with Crippen LogP contribution in [0.4, 0.5) is 8.78 Å². The Morgan fingerprint density at radius 3 is 2.95 bits per heavy atom. The van der Waals surface area contributed by atoms with Crippen molar-refractivity contribution in [1.29, 1.82) is 0 Å². The van der Waals surface area contributed by atoms with Gasteiger partial charge in [0.2, 0.25) is 5.91 Å². The Kier molecular flexibility index (Phi) is 4.46. The number of hydrogen-bond donors (Lipinski definition) is 2. The summed E-state index contributed by atoms with van der Waals surface area (Å²) in [6, 6.07) is 1.89. The van der Waals surface area contributed by atoms with Gasteiger partial charge in [0, 0.05) is 19.7 Å². The van der Waals surface area contributed by atoms with E-state index in [-0.39, 0.29) is 28.3 Å². The van der Waals surface area contributed by atoms with E-state index >= 15 is 0 Å². The second-order valence-electron chi connectivity index (χ2n) is 4.14. The molecule has 0 atom stereocenters. The third-order valence-electron chi connectivity index (χ3n) is 2.73. The number of H-pyrrole nitrogens is 1. The van der Waals surface area contributed by atoms with E-state index in [0.717, 1.165) is 12.1 Å². The van der Waals surface area contributed by atoms with Crippen molar-refractivity contribution in [3.05, 3.63) is 28.5 Å². The first-order valence-corrected chi connectivity index (χ1v) is 6.27. The molecule has 20 heavy (non-hydrogen) atoms. The Hall–Kier alpha value is -1.80. The van der Waals surface area contributed by atoms with Crippen molar-refractivity contribution in [2.24, 2.45) is 0 Å². The Labute approximate surface area is 118 Å². The summed E-state index contributed by atoms with van der Waals surface area (Å²) < 4.78 is 33.1. The van der Waals surface area contributed by atoms with Gasteiger partial charge in [-0.15, -0.1) is 0 Å². The van der Waals surface area contributed by atoms with Crippen LogP contribution in [0.3, 0.4) is 0 Å². The number of methoxy groups -OCH3 is 1. The van der Waals surface area contributed by atoms with Gasteiger partial charge in [-0.2, -0.15) is 0 Å². The predicted octanol–water partition coefficient (Wildman–Crippen LogP) is 1.74. The zero-order valence-electron chi connectivity index (χ0n) is 10.7. The number of carbonyl (C=O) groups excluding carboxylic acids is 1. The Bertz CT molecular complexity index is 696. The molecule has 1 aromatic heterocycles. The SMILES string of the molecule is COCCNC(=O)Cn1c(=S)[nH]c2c(F)cc(F)cc21. The van der Waals surface area contributed by atoms with Crippen LogP contribution in [0.15, 0.2) is 12.1 Å². The van der Waals surface area contributed by atoms with Crippen LogP contribution in [-0.2, 0) is 16.1 Å². The minimum atomic E-state index is -0.746. The summed E-state index contributed by atoms with van der Waals surface area (Å²) in [5.74, 6) is -1.79. The summed E-state index contributed by atoms with van der Waals surface area (Å²) in [4.78, 5) is 14.3. The average Bonchev–Trinajstić information content (AvgIpc) is 2.68. The number of ether oxygens (including phenoxy) is 1. The standard InChI is InChI=1S/C12H13F2N3O2S/c1-19-3-2-15-10(18)6-17-9-5-7(13)4-8(14)11(9)16-12(17)20/h4-5H,2-3,6H2,1H3,(H,15,18)(H,16,20). The summed E-state index contributed by atoms with van der Waals surface area (Å²) in [5.41, 5.74) is 0.301. The molecule has 5 nitrogen and oxygen atoms in total. The van der Waals surface area contributed by atoms with E-state index in [9.17, 15) is 13.6 Å². The maximum Gasteiger partial charge on any atom is 0.240 e. The predicted molar refractivity (Wildman–Crippen MR) is 71.9 cm³/mol. The summed E-state index contributed by atoms with van der Waals surface area (Å²) >= 11 is 5.02. The van der Waals surface area contributed by atoms with Gasteiger partial charge in [-0.3, -0.25) is 4.79 Å². The van der Waals surface area contributed by atoms with Crippen LogP contribution in [0, 0.1) is 16.4 Å². The van der Waals surface area contributed by atoms with Gasteiger partial charge in [0.25, 0.3) is 0 Å². The highest BCUT2D eigenvalue weighted by Gasteiger charge is 2.13. The second kappa shape index (κ2) is 6.10. The van der Waals surface area contributed by atoms with Crippen molar-refractivity contribution in [3.8, 4) is 0 Å². The van der Waals surface area contributed by atoms with Crippen LogP contribution in [-0.4, -0.2) is 35.7 Å². The van der Waals surface area contributed by atoms with Crippen LogP contribution in [0.1, 0.15) is 0 Å². The van der Waals surface area contributed by atoms with E-state index in [1.54, 1.807) is 0 Å². The first kappa shape index (κ1) is 14.6. The molecule has 0 spiro atoms.